The number of phenols is 1. The Labute approximate surface area is 303 Å². The van der Waals surface area contributed by atoms with Crippen LogP contribution < -0.4 is 14.2 Å². The van der Waals surface area contributed by atoms with Gasteiger partial charge in [0, 0.05) is 21.5 Å². The third-order valence-electron chi connectivity index (χ3n) is 8.71. The van der Waals surface area contributed by atoms with E-state index in [1.54, 1.807) is 6.07 Å². The summed E-state index contributed by atoms with van der Waals surface area (Å²) in [6.45, 7) is 1.86. The van der Waals surface area contributed by atoms with Crippen LogP contribution in [0.1, 0.15) is 0 Å². The summed E-state index contributed by atoms with van der Waals surface area (Å²) in [5.74, 6) is 2.84. The van der Waals surface area contributed by atoms with Gasteiger partial charge in [-0.05, 0) is 45.8 Å². The molecule has 0 bridgehead atoms. The van der Waals surface area contributed by atoms with E-state index in [2.05, 4.69) is 18.2 Å². The number of aliphatic hydroxyl groups excluding tert-OH is 1. The molecule has 1 fully saturated rings. The Bertz CT molecular complexity index is 2280. The largest absolute Gasteiger partial charge is 0.507 e. The maximum Gasteiger partial charge on any atom is 0.127 e. The zero-order valence-corrected chi connectivity index (χ0v) is 28.7. The van der Waals surface area contributed by atoms with Gasteiger partial charge in [0.15, 0.2) is 0 Å². The van der Waals surface area contributed by atoms with Crippen molar-refractivity contribution in [3.8, 4) is 23.0 Å². The number of benzene rings is 8. The highest BCUT2D eigenvalue weighted by atomic mass is 16.6. The summed E-state index contributed by atoms with van der Waals surface area (Å²) in [7, 11) is 0. The molecule has 0 amide bonds. The van der Waals surface area contributed by atoms with Crippen LogP contribution in [0.3, 0.4) is 0 Å². The Balaban J connectivity index is 0.000000135. The minimum atomic E-state index is -0.715. The van der Waals surface area contributed by atoms with Crippen molar-refractivity contribution < 1.29 is 29.2 Å². The molecule has 1 unspecified atom stereocenters. The molecule has 6 heteroatoms. The van der Waals surface area contributed by atoms with E-state index >= 15 is 0 Å². The molecule has 0 aromatic heterocycles. The van der Waals surface area contributed by atoms with E-state index in [0.717, 1.165) is 56.2 Å². The van der Waals surface area contributed by atoms with Crippen LogP contribution in [0.2, 0.25) is 0 Å². The molecule has 1 heterocycles. The molecule has 9 rings (SSSR count). The highest BCUT2D eigenvalue weighted by Crippen LogP contribution is 2.28. The molecular weight excluding hydrogens is 649 g/mol. The summed E-state index contributed by atoms with van der Waals surface area (Å²) < 4.78 is 22.5. The lowest BCUT2D eigenvalue weighted by atomic mass is 10.1. The van der Waals surface area contributed by atoms with Gasteiger partial charge in [-0.3, -0.25) is 0 Å². The fourth-order valence-corrected chi connectivity index (χ4v) is 5.94. The van der Waals surface area contributed by atoms with E-state index in [1.807, 2.05) is 146 Å². The molecule has 6 nitrogen and oxygen atoms in total. The van der Waals surface area contributed by atoms with E-state index in [-0.39, 0.29) is 13.2 Å². The molecule has 0 spiro atoms. The van der Waals surface area contributed by atoms with Gasteiger partial charge in [0.25, 0.3) is 0 Å². The van der Waals surface area contributed by atoms with Gasteiger partial charge < -0.3 is 29.2 Å². The first kappa shape index (κ1) is 34.4. The Hall–Kier alpha value is -6.08. The first-order chi connectivity index (χ1) is 25.6. The Kier molecular flexibility index (Phi) is 11.1. The van der Waals surface area contributed by atoms with Crippen LogP contribution in [0.4, 0.5) is 0 Å². The number of aromatic hydroxyl groups is 1. The fraction of sp³-hybridized carbons (Fsp3) is 0.130. The molecule has 260 valence electrons. The maximum atomic E-state index is 10.3. The molecule has 1 aliphatic rings. The number of fused-ring (bicyclic) bond motifs is 4. The SMILES string of the molecule is OC(COc1cccc2ccccc12)COc1cccc2ccccc12.Oc1cccc2ccccc12.c1ccc2c(OCC3CO3)cccc2c1. The van der Waals surface area contributed by atoms with Crippen molar-refractivity contribution in [2.45, 2.75) is 12.2 Å². The average Bonchev–Trinajstić information content (AvgIpc) is 4.04. The van der Waals surface area contributed by atoms with Gasteiger partial charge in [0.05, 0.1) is 6.61 Å². The second-order valence-electron chi connectivity index (χ2n) is 12.5. The van der Waals surface area contributed by atoms with Crippen molar-refractivity contribution in [3.63, 3.8) is 0 Å². The summed E-state index contributed by atoms with van der Waals surface area (Å²) in [6, 6.07) is 55.6. The summed E-state index contributed by atoms with van der Waals surface area (Å²) in [4.78, 5) is 0. The topological polar surface area (TPSA) is 80.7 Å². The predicted octanol–water partition coefficient (Wildman–Crippen LogP) is 9.97. The zero-order chi connectivity index (χ0) is 35.5. The van der Waals surface area contributed by atoms with Gasteiger partial charge in [-0.25, -0.2) is 0 Å². The minimum absolute atomic E-state index is 0.179. The smallest absolute Gasteiger partial charge is 0.127 e. The van der Waals surface area contributed by atoms with Crippen molar-refractivity contribution in [2.24, 2.45) is 0 Å². The molecule has 1 atom stereocenters. The van der Waals surface area contributed by atoms with Gasteiger partial charge in [-0.15, -0.1) is 0 Å². The number of hydrogen-bond donors (Lipinski definition) is 2. The summed E-state index contributed by atoms with van der Waals surface area (Å²) in [5.41, 5.74) is 0. The van der Waals surface area contributed by atoms with Gasteiger partial charge in [-0.2, -0.15) is 0 Å². The maximum absolute atomic E-state index is 10.3. The van der Waals surface area contributed by atoms with Crippen molar-refractivity contribution >= 4 is 43.1 Å². The molecule has 0 aliphatic carbocycles. The molecule has 8 aromatic rings. The Morgan fingerprint density at radius 3 is 1.23 bits per heavy atom. The molecule has 0 radical (unpaired) electrons. The van der Waals surface area contributed by atoms with E-state index in [4.69, 9.17) is 18.9 Å². The summed E-state index contributed by atoms with van der Waals surface area (Å²) in [5, 5.41) is 28.3. The second kappa shape index (κ2) is 16.8. The van der Waals surface area contributed by atoms with Gasteiger partial charge in [0.1, 0.15) is 55.0 Å². The Morgan fingerprint density at radius 1 is 0.462 bits per heavy atom. The van der Waals surface area contributed by atoms with Gasteiger partial charge in [-0.1, -0.05) is 146 Å². The second-order valence-corrected chi connectivity index (χ2v) is 12.5. The van der Waals surface area contributed by atoms with E-state index < -0.39 is 6.10 Å². The third kappa shape index (κ3) is 8.79. The number of ether oxygens (including phenoxy) is 4. The molecule has 1 saturated heterocycles. The van der Waals surface area contributed by atoms with Crippen molar-refractivity contribution in [2.75, 3.05) is 26.4 Å². The monoisotopic (exact) mass is 688 g/mol. The van der Waals surface area contributed by atoms with Crippen LogP contribution >= 0.6 is 0 Å². The lowest BCUT2D eigenvalue weighted by molar-refractivity contribution is 0.0637. The summed E-state index contributed by atoms with van der Waals surface area (Å²) in [6.07, 6.45) is -0.406. The van der Waals surface area contributed by atoms with Crippen LogP contribution in [0.25, 0.3) is 43.1 Å². The number of aliphatic hydroxyl groups is 1. The molecule has 2 N–H and O–H groups in total. The molecule has 1 aliphatic heterocycles. The lowest BCUT2D eigenvalue weighted by Crippen LogP contribution is -2.25. The number of phenolic OH excluding ortho intramolecular Hbond substituents is 1. The molecule has 0 saturated carbocycles. The minimum Gasteiger partial charge on any atom is -0.507 e. The van der Waals surface area contributed by atoms with Crippen LogP contribution in [0.5, 0.6) is 23.0 Å². The highest BCUT2D eigenvalue weighted by Gasteiger charge is 2.23. The number of rotatable bonds is 9. The van der Waals surface area contributed by atoms with E-state index in [0.29, 0.717) is 18.5 Å². The quantitative estimate of drug-likeness (QED) is 0.147. The summed E-state index contributed by atoms with van der Waals surface area (Å²) >= 11 is 0. The lowest BCUT2D eigenvalue weighted by Gasteiger charge is -2.15. The molecule has 52 heavy (non-hydrogen) atoms. The average molecular weight is 689 g/mol. The normalized spacial score (nSPS) is 13.2. The number of hydrogen-bond acceptors (Lipinski definition) is 6. The molecular formula is C46H40O6. The van der Waals surface area contributed by atoms with E-state index in [1.165, 1.54) is 10.8 Å². The third-order valence-corrected chi connectivity index (χ3v) is 8.71. The Morgan fingerprint density at radius 2 is 0.808 bits per heavy atom. The number of epoxide rings is 1. The van der Waals surface area contributed by atoms with Crippen LogP contribution in [-0.4, -0.2) is 48.8 Å². The van der Waals surface area contributed by atoms with Crippen LogP contribution in [0.15, 0.2) is 170 Å². The van der Waals surface area contributed by atoms with Gasteiger partial charge in [0.2, 0.25) is 0 Å². The van der Waals surface area contributed by atoms with Crippen molar-refractivity contribution in [1.29, 1.82) is 0 Å². The highest BCUT2D eigenvalue weighted by molar-refractivity contribution is 5.90. The first-order valence-electron chi connectivity index (χ1n) is 17.4. The van der Waals surface area contributed by atoms with Crippen LogP contribution in [-0.2, 0) is 4.74 Å². The first-order valence-corrected chi connectivity index (χ1v) is 17.4. The van der Waals surface area contributed by atoms with Crippen LogP contribution in [0, 0.1) is 0 Å². The van der Waals surface area contributed by atoms with Gasteiger partial charge >= 0.3 is 0 Å². The van der Waals surface area contributed by atoms with Crippen molar-refractivity contribution in [3.05, 3.63) is 170 Å². The standard InChI is InChI=1S/C23H20O3.C13H12O2.C10H8O/c24-19(15-25-22-13-5-9-17-7-1-3-11-20(17)22)16-26-23-14-6-10-18-8-2-4-12-21(18)23;1-2-6-12-10(4-1)5-3-7-13(12)15-9-11-8-14-11;11-10-7-3-5-8-4-1-2-6-9(8)10/h1-14,19,24H,15-16H2;1-7,11H,8-9H2;1-7,11H. The zero-order valence-electron chi connectivity index (χ0n) is 28.7. The fourth-order valence-electron chi connectivity index (χ4n) is 5.94. The predicted molar refractivity (Wildman–Crippen MR) is 210 cm³/mol. The van der Waals surface area contributed by atoms with Crippen molar-refractivity contribution in [1.82, 2.24) is 0 Å². The molecule has 8 aromatic carbocycles. The van der Waals surface area contributed by atoms with E-state index in [9.17, 15) is 10.2 Å².